The number of carbonyl (C=O) groups excluding carboxylic acids is 1. The number of amides is 1. The topological polar surface area (TPSA) is 47.2 Å². The van der Waals surface area contributed by atoms with Crippen LogP contribution in [0.1, 0.15) is 16.6 Å². The summed E-state index contributed by atoms with van der Waals surface area (Å²) in [6.07, 6.45) is 0. The lowest BCUT2D eigenvalue weighted by molar-refractivity contribution is -0.115. The largest absolute Gasteiger partial charge is 0.295 e. The summed E-state index contributed by atoms with van der Waals surface area (Å²) in [5.74, 6) is 0.227. The van der Waals surface area contributed by atoms with Crippen molar-refractivity contribution in [1.29, 1.82) is 0 Å². The Bertz CT molecular complexity index is 1070. The summed E-state index contributed by atoms with van der Waals surface area (Å²) < 4.78 is 3.37. The molecule has 2 heterocycles. The number of benzene rings is 2. The van der Waals surface area contributed by atoms with E-state index in [0.29, 0.717) is 16.5 Å². The first-order valence-corrected chi connectivity index (χ1v) is 9.95. The van der Waals surface area contributed by atoms with E-state index in [9.17, 15) is 9.59 Å². The quantitative estimate of drug-likeness (QED) is 0.670. The lowest BCUT2D eigenvalue weighted by Crippen LogP contribution is -2.33. The number of hydrogen-bond acceptors (Lipinski definition) is 3. The van der Waals surface area contributed by atoms with E-state index in [1.165, 1.54) is 11.8 Å². The van der Waals surface area contributed by atoms with Gasteiger partial charge in [-0.05, 0) is 25.1 Å². The molecule has 1 aromatic heterocycles. The molecule has 0 unspecified atom stereocenters. The van der Waals surface area contributed by atoms with Gasteiger partial charge in [0.05, 0.1) is 17.1 Å². The van der Waals surface area contributed by atoms with Gasteiger partial charge in [-0.3, -0.25) is 19.2 Å². The minimum atomic E-state index is -0.316. The summed E-state index contributed by atoms with van der Waals surface area (Å²) in [5, 5.41) is 0.274. The molecular weight excluding hydrogens is 382 g/mol. The number of rotatable bonds is 3. The number of halogens is 1. The van der Waals surface area contributed by atoms with E-state index in [1.807, 2.05) is 62.5 Å². The molecule has 5 nitrogen and oxygen atoms in total. The van der Waals surface area contributed by atoms with Crippen molar-refractivity contribution in [2.24, 2.45) is 7.05 Å². The highest BCUT2D eigenvalue weighted by Gasteiger charge is 2.39. The second-order valence-electron chi connectivity index (χ2n) is 6.36. The van der Waals surface area contributed by atoms with Crippen molar-refractivity contribution in [3.05, 3.63) is 81.2 Å². The van der Waals surface area contributed by atoms with Gasteiger partial charge in [0.2, 0.25) is 5.91 Å². The van der Waals surface area contributed by atoms with Gasteiger partial charge in [-0.25, -0.2) is 4.68 Å². The Labute approximate surface area is 166 Å². The van der Waals surface area contributed by atoms with Crippen LogP contribution >= 0.6 is 23.4 Å². The molecule has 1 saturated heterocycles. The summed E-state index contributed by atoms with van der Waals surface area (Å²) in [7, 11) is 1.82. The van der Waals surface area contributed by atoms with Gasteiger partial charge in [0.1, 0.15) is 11.1 Å². The van der Waals surface area contributed by atoms with E-state index in [-0.39, 0.29) is 16.8 Å². The summed E-state index contributed by atoms with van der Waals surface area (Å²) in [6.45, 7) is 1.86. The van der Waals surface area contributed by atoms with Gasteiger partial charge in [0.15, 0.2) is 0 Å². The maximum absolute atomic E-state index is 13.3. The van der Waals surface area contributed by atoms with Crippen molar-refractivity contribution in [1.82, 2.24) is 9.36 Å². The zero-order valence-electron chi connectivity index (χ0n) is 14.9. The van der Waals surface area contributed by atoms with Crippen molar-refractivity contribution in [2.45, 2.75) is 12.3 Å². The van der Waals surface area contributed by atoms with Crippen molar-refractivity contribution in [2.75, 3.05) is 10.7 Å². The molecule has 138 valence electrons. The molecule has 3 aromatic rings. The molecule has 0 radical (unpaired) electrons. The molecule has 0 spiro atoms. The number of para-hydroxylation sites is 1. The van der Waals surface area contributed by atoms with Crippen LogP contribution in [0.5, 0.6) is 0 Å². The van der Waals surface area contributed by atoms with Crippen molar-refractivity contribution in [3.8, 4) is 5.69 Å². The van der Waals surface area contributed by atoms with Crippen molar-refractivity contribution >= 4 is 35.0 Å². The molecule has 0 aliphatic carbocycles. The average Bonchev–Trinajstić information content (AvgIpc) is 3.14. The van der Waals surface area contributed by atoms with E-state index in [1.54, 1.807) is 20.3 Å². The van der Waals surface area contributed by atoms with Crippen LogP contribution in [0.2, 0.25) is 5.02 Å². The molecule has 1 fully saturated rings. The van der Waals surface area contributed by atoms with Gasteiger partial charge in [0, 0.05) is 17.6 Å². The highest BCUT2D eigenvalue weighted by Crippen LogP contribution is 2.43. The van der Waals surface area contributed by atoms with Crippen LogP contribution in [0.25, 0.3) is 5.69 Å². The second-order valence-corrected chi connectivity index (χ2v) is 7.83. The van der Waals surface area contributed by atoms with E-state index in [4.69, 9.17) is 11.6 Å². The number of carbonyl (C=O) groups is 1. The van der Waals surface area contributed by atoms with Gasteiger partial charge >= 0.3 is 0 Å². The summed E-state index contributed by atoms with van der Waals surface area (Å²) in [6, 6.07) is 16.9. The Morgan fingerprint density at radius 2 is 1.70 bits per heavy atom. The maximum atomic E-state index is 13.3. The Morgan fingerprint density at radius 1 is 1.04 bits per heavy atom. The highest BCUT2D eigenvalue weighted by atomic mass is 35.5. The fourth-order valence-electron chi connectivity index (χ4n) is 3.40. The fraction of sp³-hybridized carbons (Fsp3) is 0.200. The number of anilines is 1. The molecule has 1 aliphatic heterocycles. The van der Waals surface area contributed by atoms with Crippen LogP contribution in [0.3, 0.4) is 0 Å². The van der Waals surface area contributed by atoms with Crippen molar-refractivity contribution in [3.63, 3.8) is 0 Å². The van der Waals surface area contributed by atoms with Crippen LogP contribution in [0.4, 0.5) is 5.69 Å². The second kappa shape index (κ2) is 6.94. The number of aromatic nitrogens is 2. The maximum Gasteiger partial charge on any atom is 0.295 e. The summed E-state index contributed by atoms with van der Waals surface area (Å²) in [5.41, 5.74) is 2.52. The number of hydrogen-bond donors (Lipinski definition) is 0. The molecule has 7 heteroatoms. The normalized spacial score (nSPS) is 16.9. The van der Waals surface area contributed by atoms with Gasteiger partial charge in [0.25, 0.3) is 5.56 Å². The van der Waals surface area contributed by atoms with Crippen LogP contribution in [0.15, 0.2) is 59.4 Å². The summed E-state index contributed by atoms with van der Waals surface area (Å²) in [4.78, 5) is 27.6. The highest BCUT2D eigenvalue weighted by molar-refractivity contribution is 8.00. The number of nitrogens with zero attached hydrogens (tertiary/aromatic N) is 3. The van der Waals surface area contributed by atoms with Crippen LogP contribution in [0, 0.1) is 6.92 Å². The minimum Gasteiger partial charge on any atom is -0.288 e. The fourth-order valence-corrected chi connectivity index (χ4v) is 4.90. The first-order valence-electron chi connectivity index (χ1n) is 8.53. The van der Waals surface area contributed by atoms with Gasteiger partial charge in [-0.1, -0.05) is 48.0 Å². The molecule has 0 bridgehead atoms. The Morgan fingerprint density at radius 3 is 2.41 bits per heavy atom. The molecule has 0 N–H and O–H groups in total. The molecule has 1 aliphatic rings. The van der Waals surface area contributed by atoms with E-state index < -0.39 is 0 Å². The molecule has 2 aromatic carbocycles. The standard InChI is InChI=1S/C20H18ClN3O2S/c1-13-18(19(26)24(22(13)2)14-8-4-3-5-9-14)23-17(25)12-27-20(23)15-10-6-7-11-16(15)21/h3-11,20H,12H2,1-2H3/t20-/m0/s1. The molecule has 4 rings (SSSR count). The van der Waals surface area contributed by atoms with Crippen LogP contribution in [-0.4, -0.2) is 21.0 Å². The zero-order chi connectivity index (χ0) is 19.1. The third kappa shape index (κ3) is 2.89. The molecular formula is C20H18ClN3O2S. The number of thioether (sulfide) groups is 1. The molecule has 27 heavy (non-hydrogen) atoms. The molecule has 1 amide bonds. The predicted octanol–water partition coefficient (Wildman–Crippen LogP) is 3.92. The molecule has 0 saturated carbocycles. The van der Waals surface area contributed by atoms with E-state index >= 15 is 0 Å². The lowest BCUT2D eigenvalue weighted by Gasteiger charge is -2.23. The van der Waals surface area contributed by atoms with Gasteiger partial charge < -0.3 is 0 Å². The third-order valence-corrected chi connectivity index (χ3v) is 6.34. The van der Waals surface area contributed by atoms with Crippen molar-refractivity contribution < 1.29 is 4.79 Å². The van der Waals surface area contributed by atoms with E-state index in [0.717, 1.165) is 16.9 Å². The SMILES string of the molecule is Cc1c(N2C(=O)CS[C@H]2c2ccccc2Cl)c(=O)n(-c2ccccc2)n1C. The van der Waals surface area contributed by atoms with Crippen LogP contribution < -0.4 is 10.5 Å². The Kier molecular flexibility index (Phi) is 4.61. The third-order valence-electron chi connectivity index (χ3n) is 4.80. The lowest BCUT2D eigenvalue weighted by atomic mass is 10.2. The minimum absolute atomic E-state index is 0.0871. The molecule has 1 atom stereocenters. The van der Waals surface area contributed by atoms with Gasteiger partial charge in [-0.15, -0.1) is 11.8 Å². The van der Waals surface area contributed by atoms with E-state index in [2.05, 4.69) is 0 Å². The average molecular weight is 400 g/mol. The van der Waals surface area contributed by atoms with Crippen LogP contribution in [-0.2, 0) is 11.8 Å². The first kappa shape index (κ1) is 17.9. The zero-order valence-corrected chi connectivity index (χ0v) is 16.5. The first-order chi connectivity index (χ1) is 13.0. The van der Waals surface area contributed by atoms with Gasteiger partial charge in [-0.2, -0.15) is 0 Å². The predicted molar refractivity (Wildman–Crippen MR) is 110 cm³/mol. The Hall–Kier alpha value is -2.44. The summed E-state index contributed by atoms with van der Waals surface area (Å²) >= 11 is 7.86. The smallest absolute Gasteiger partial charge is 0.288 e. The monoisotopic (exact) mass is 399 g/mol. The Balaban J connectivity index is 1.89.